The predicted molar refractivity (Wildman–Crippen MR) is 127 cm³/mol. The van der Waals surface area contributed by atoms with E-state index in [0.717, 1.165) is 32.8 Å². The van der Waals surface area contributed by atoms with Gasteiger partial charge in [-0.15, -0.1) is 0 Å². The van der Waals surface area contributed by atoms with Crippen LogP contribution in [0.3, 0.4) is 0 Å². The summed E-state index contributed by atoms with van der Waals surface area (Å²) in [6.45, 7) is 4.51. The van der Waals surface area contributed by atoms with E-state index in [4.69, 9.17) is 24.3 Å². The highest BCUT2D eigenvalue weighted by Gasteiger charge is 2.35. The molecule has 4 aromatic rings. The first kappa shape index (κ1) is 21.3. The van der Waals surface area contributed by atoms with E-state index < -0.39 is 0 Å². The molecule has 0 fully saturated rings. The number of aromatic nitrogens is 3. The van der Waals surface area contributed by atoms with Crippen LogP contribution < -0.4 is 19.5 Å². The van der Waals surface area contributed by atoms with Crippen LogP contribution in [0.15, 0.2) is 36.4 Å². The fourth-order valence-corrected chi connectivity index (χ4v) is 5.26. The van der Waals surface area contributed by atoms with Crippen LogP contribution in [-0.4, -0.2) is 41.5 Å². The first-order valence-electron chi connectivity index (χ1n) is 10.7. The molecule has 1 N–H and O–H groups in total. The SMILES string of the molecule is CCOc1ccc2nc(-n3nc(C)c4c3NC(=O)C[C@H]4c3cc(OC)ccc3OC)sc2c1. The fourth-order valence-electron chi connectivity index (χ4n) is 4.30. The molecule has 0 saturated heterocycles. The molecule has 5 rings (SSSR count). The van der Waals surface area contributed by atoms with E-state index in [9.17, 15) is 4.79 Å². The van der Waals surface area contributed by atoms with Gasteiger partial charge in [0.25, 0.3) is 0 Å². The largest absolute Gasteiger partial charge is 0.497 e. The van der Waals surface area contributed by atoms with Crippen molar-refractivity contribution in [2.75, 3.05) is 26.1 Å². The van der Waals surface area contributed by atoms with E-state index in [1.54, 1.807) is 18.9 Å². The summed E-state index contributed by atoms with van der Waals surface area (Å²) in [6, 6.07) is 11.5. The minimum absolute atomic E-state index is 0.0849. The van der Waals surface area contributed by atoms with Gasteiger partial charge in [0.15, 0.2) is 0 Å². The first-order chi connectivity index (χ1) is 16.0. The van der Waals surface area contributed by atoms with Crippen molar-refractivity contribution >= 4 is 33.3 Å². The number of carbonyl (C=O) groups excluding carboxylic acids is 1. The van der Waals surface area contributed by atoms with Gasteiger partial charge in [-0.1, -0.05) is 11.3 Å². The van der Waals surface area contributed by atoms with Gasteiger partial charge in [0.1, 0.15) is 23.1 Å². The number of anilines is 1. The molecular weight excluding hydrogens is 440 g/mol. The third-order valence-electron chi connectivity index (χ3n) is 5.76. The molecule has 1 atom stereocenters. The minimum Gasteiger partial charge on any atom is -0.497 e. The van der Waals surface area contributed by atoms with Gasteiger partial charge in [0.05, 0.1) is 36.7 Å². The lowest BCUT2D eigenvalue weighted by atomic mass is 9.85. The summed E-state index contributed by atoms with van der Waals surface area (Å²) in [7, 11) is 3.25. The molecule has 0 radical (unpaired) electrons. The van der Waals surface area contributed by atoms with Crippen LogP contribution in [0.25, 0.3) is 15.3 Å². The number of amides is 1. The van der Waals surface area contributed by atoms with E-state index in [2.05, 4.69) is 5.32 Å². The van der Waals surface area contributed by atoms with E-state index in [0.29, 0.717) is 35.5 Å². The zero-order chi connectivity index (χ0) is 23.1. The second-order valence-electron chi connectivity index (χ2n) is 7.73. The maximum Gasteiger partial charge on any atom is 0.226 e. The number of benzene rings is 2. The van der Waals surface area contributed by atoms with Gasteiger partial charge in [-0.3, -0.25) is 4.79 Å². The lowest BCUT2D eigenvalue weighted by molar-refractivity contribution is -0.116. The highest BCUT2D eigenvalue weighted by atomic mass is 32.1. The van der Waals surface area contributed by atoms with Gasteiger partial charge in [-0.25, -0.2) is 4.98 Å². The third kappa shape index (κ3) is 3.68. The lowest BCUT2D eigenvalue weighted by Crippen LogP contribution is -2.25. The Bertz CT molecular complexity index is 1360. The Hall–Kier alpha value is -3.59. The van der Waals surface area contributed by atoms with Crippen molar-refractivity contribution in [3.8, 4) is 22.4 Å². The molecule has 0 spiro atoms. The number of hydrogen-bond donors (Lipinski definition) is 1. The number of thiazole rings is 1. The number of nitrogens with one attached hydrogen (secondary N) is 1. The van der Waals surface area contributed by atoms with Crippen LogP contribution >= 0.6 is 11.3 Å². The van der Waals surface area contributed by atoms with Gasteiger partial charge < -0.3 is 19.5 Å². The molecule has 0 saturated carbocycles. The Labute approximate surface area is 195 Å². The van der Waals surface area contributed by atoms with Crippen molar-refractivity contribution in [2.45, 2.75) is 26.2 Å². The number of nitrogens with zero attached hydrogens (tertiary/aromatic N) is 3. The molecule has 0 bridgehead atoms. The number of rotatable bonds is 6. The van der Waals surface area contributed by atoms with Crippen LogP contribution in [0.4, 0.5) is 5.82 Å². The molecule has 8 nitrogen and oxygen atoms in total. The van der Waals surface area contributed by atoms with E-state index in [1.807, 2.05) is 50.2 Å². The number of carbonyl (C=O) groups is 1. The van der Waals surface area contributed by atoms with Crippen molar-refractivity contribution < 1.29 is 19.0 Å². The predicted octanol–water partition coefficient (Wildman–Crippen LogP) is 4.68. The van der Waals surface area contributed by atoms with E-state index in [1.165, 1.54) is 11.3 Å². The molecule has 1 aliphatic heterocycles. The maximum absolute atomic E-state index is 12.8. The molecule has 33 heavy (non-hydrogen) atoms. The van der Waals surface area contributed by atoms with Crippen LogP contribution in [0.2, 0.25) is 0 Å². The molecule has 1 amide bonds. The molecule has 2 aromatic carbocycles. The third-order valence-corrected chi connectivity index (χ3v) is 6.75. The monoisotopic (exact) mass is 464 g/mol. The van der Waals surface area contributed by atoms with Gasteiger partial charge in [-0.05, 0) is 50.2 Å². The van der Waals surface area contributed by atoms with E-state index in [-0.39, 0.29) is 11.8 Å². The maximum atomic E-state index is 12.8. The van der Waals surface area contributed by atoms with Crippen LogP contribution in [0.1, 0.15) is 36.1 Å². The summed E-state index contributed by atoms with van der Waals surface area (Å²) >= 11 is 1.50. The Morgan fingerprint density at radius 1 is 1.15 bits per heavy atom. The zero-order valence-corrected chi connectivity index (χ0v) is 19.7. The summed E-state index contributed by atoms with van der Waals surface area (Å²) in [5, 5.41) is 8.47. The Morgan fingerprint density at radius 2 is 1.97 bits per heavy atom. The number of fused-ring (bicyclic) bond motifs is 2. The molecule has 170 valence electrons. The lowest BCUT2D eigenvalue weighted by Gasteiger charge is -2.25. The normalized spacial score (nSPS) is 15.3. The number of methoxy groups -OCH3 is 2. The van der Waals surface area contributed by atoms with Crippen molar-refractivity contribution in [2.24, 2.45) is 0 Å². The molecule has 0 unspecified atom stereocenters. The smallest absolute Gasteiger partial charge is 0.226 e. The molecule has 9 heteroatoms. The Morgan fingerprint density at radius 3 is 2.73 bits per heavy atom. The highest BCUT2D eigenvalue weighted by Crippen LogP contribution is 2.44. The first-order valence-corrected chi connectivity index (χ1v) is 11.5. The Kier molecular flexibility index (Phi) is 5.41. The fraction of sp³-hybridized carbons (Fsp3) is 0.292. The topological polar surface area (TPSA) is 87.5 Å². The summed E-state index contributed by atoms with van der Waals surface area (Å²) in [5.74, 6) is 2.56. The summed E-state index contributed by atoms with van der Waals surface area (Å²) < 4.78 is 19.4. The average Bonchev–Trinajstić information content (AvgIpc) is 3.38. The van der Waals surface area contributed by atoms with Gasteiger partial charge in [0, 0.05) is 23.5 Å². The number of aryl methyl sites for hydroxylation is 1. The summed E-state index contributed by atoms with van der Waals surface area (Å²) in [6.07, 6.45) is 0.292. The second-order valence-corrected chi connectivity index (χ2v) is 8.74. The van der Waals surface area contributed by atoms with Crippen LogP contribution in [-0.2, 0) is 4.79 Å². The number of ether oxygens (including phenoxy) is 3. The van der Waals surface area contributed by atoms with Crippen molar-refractivity contribution in [1.29, 1.82) is 0 Å². The summed E-state index contributed by atoms with van der Waals surface area (Å²) in [4.78, 5) is 17.5. The number of hydrogen-bond acceptors (Lipinski definition) is 7. The van der Waals surface area contributed by atoms with Gasteiger partial charge in [-0.2, -0.15) is 9.78 Å². The van der Waals surface area contributed by atoms with Crippen molar-refractivity contribution in [3.63, 3.8) is 0 Å². The molecule has 0 aliphatic carbocycles. The molecular formula is C24H24N4O4S. The van der Waals surface area contributed by atoms with Gasteiger partial charge >= 0.3 is 0 Å². The summed E-state index contributed by atoms with van der Waals surface area (Å²) in [5.41, 5.74) is 3.53. The highest BCUT2D eigenvalue weighted by molar-refractivity contribution is 7.20. The molecule has 3 heterocycles. The average molecular weight is 465 g/mol. The van der Waals surface area contributed by atoms with Crippen LogP contribution in [0, 0.1) is 6.92 Å². The molecule has 2 aromatic heterocycles. The second kappa shape index (κ2) is 8.40. The van der Waals surface area contributed by atoms with Crippen molar-refractivity contribution in [1.82, 2.24) is 14.8 Å². The quantitative estimate of drug-likeness (QED) is 0.446. The van der Waals surface area contributed by atoms with Crippen LogP contribution in [0.5, 0.6) is 17.2 Å². The molecule has 1 aliphatic rings. The van der Waals surface area contributed by atoms with Crippen molar-refractivity contribution in [3.05, 3.63) is 53.2 Å². The standard InChI is InChI=1S/C24H24N4O4S/c1-5-32-15-6-8-18-20(11-15)33-24(25-18)28-23-22(13(2)27-28)17(12-21(29)26-23)16-10-14(30-3)7-9-19(16)31-4/h6-11,17H,5,12H2,1-4H3,(H,26,29)/t17-/m0/s1. The van der Waals surface area contributed by atoms with E-state index >= 15 is 0 Å². The van der Waals surface area contributed by atoms with Gasteiger partial charge in [0.2, 0.25) is 11.0 Å². The minimum atomic E-state index is -0.216. The Balaban J connectivity index is 1.64. The zero-order valence-electron chi connectivity index (χ0n) is 18.8.